The molecule has 19 heavy (non-hydrogen) atoms. The third-order valence-corrected chi connectivity index (χ3v) is 3.51. The van der Waals surface area contributed by atoms with Gasteiger partial charge in [0.05, 0.1) is 0 Å². The Morgan fingerprint density at radius 2 is 1.58 bits per heavy atom. The first-order valence-corrected chi connectivity index (χ1v) is 6.22. The summed E-state index contributed by atoms with van der Waals surface area (Å²) in [6.45, 7) is 5.76. The first-order valence-electron chi connectivity index (χ1n) is 6.22. The van der Waals surface area contributed by atoms with Crippen LogP contribution in [0.1, 0.15) is 43.0 Å². The molecule has 0 saturated carbocycles. The molecule has 96 valence electrons. The van der Waals surface area contributed by atoms with E-state index in [2.05, 4.69) is 0 Å². The fourth-order valence-corrected chi connectivity index (χ4v) is 2.23. The predicted octanol–water partition coefficient (Wildman–Crippen LogP) is 3.66. The molecule has 0 N–H and O–H groups in total. The van der Waals surface area contributed by atoms with Gasteiger partial charge in [0, 0.05) is 16.7 Å². The van der Waals surface area contributed by atoms with E-state index in [4.69, 9.17) is 0 Å². The molecule has 0 atom stereocenters. The number of ketones is 1. The maximum Gasteiger partial charge on any atom is 0.194 e. The van der Waals surface area contributed by atoms with Crippen LogP contribution < -0.4 is 0 Å². The number of rotatable bonds is 3. The van der Waals surface area contributed by atoms with Crippen molar-refractivity contribution in [1.82, 2.24) is 0 Å². The maximum atomic E-state index is 12.7. The number of carbonyl (C=O) groups excluding carboxylic acids is 2. The molecule has 0 aliphatic rings. The number of aldehydes is 1. The number of benzene rings is 2. The molecular weight excluding hydrogens is 236 g/mol. The van der Waals surface area contributed by atoms with Crippen molar-refractivity contribution < 1.29 is 9.59 Å². The van der Waals surface area contributed by atoms with Gasteiger partial charge in [-0.2, -0.15) is 0 Å². The highest BCUT2D eigenvalue weighted by Gasteiger charge is 2.17. The molecule has 0 radical (unpaired) electrons. The van der Waals surface area contributed by atoms with E-state index in [1.165, 1.54) is 0 Å². The topological polar surface area (TPSA) is 34.1 Å². The summed E-state index contributed by atoms with van der Waals surface area (Å²) in [7, 11) is 0. The summed E-state index contributed by atoms with van der Waals surface area (Å²) in [5.74, 6) is -0.0820. The largest absolute Gasteiger partial charge is 0.298 e. The first kappa shape index (κ1) is 13.2. The highest BCUT2D eigenvalue weighted by molar-refractivity contribution is 6.14. The van der Waals surface area contributed by atoms with Gasteiger partial charge in [-0.3, -0.25) is 9.59 Å². The Labute approximate surface area is 113 Å². The fourth-order valence-electron chi connectivity index (χ4n) is 2.23. The molecule has 0 heterocycles. The minimum Gasteiger partial charge on any atom is -0.298 e. The highest BCUT2D eigenvalue weighted by Crippen LogP contribution is 2.21. The maximum absolute atomic E-state index is 12.7. The second-order valence-electron chi connectivity index (χ2n) is 4.73. The SMILES string of the molecule is Cc1cccc(C(=O)c2c(C)cccc2C=O)c1C. The second kappa shape index (κ2) is 5.19. The molecule has 0 aromatic heterocycles. The van der Waals surface area contributed by atoms with E-state index in [0.717, 1.165) is 23.0 Å². The molecule has 2 nitrogen and oxygen atoms in total. The lowest BCUT2D eigenvalue weighted by atomic mass is 9.91. The average Bonchev–Trinajstić information content (AvgIpc) is 2.40. The molecule has 0 unspecified atom stereocenters. The molecule has 0 spiro atoms. The number of aryl methyl sites for hydroxylation is 2. The van der Waals surface area contributed by atoms with E-state index in [9.17, 15) is 9.59 Å². The van der Waals surface area contributed by atoms with Crippen LogP contribution in [0.15, 0.2) is 36.4 Å². The molecule has 0 aliphatic heterocycles. The lowest BCUT2D eigenvalue weighted by Gasteiger charge is -2.11. The van der Waals surface area contributed by atoms with E-state index in [1.54, 1.807) is 12.1 Å². The molecule has 0 fully saturated rings. The van der Waals surface area contributed by atoms with Crippen molar-refractivity contribution in [3.05, 3.63) is 69.8 Å². The lowest BCUT2D eigenvalue weighted by Crippen LogP contribution is -2.09. The minimum absolute atomic E-state index is 0.0820. The van der Waals surface area contributed by atoms with Crippen LogP contribution in [0.2, 0.25) is 0 Å². The van der Waals surface area contributed by atoms with Gasteiger partial charge in [0.2, 0.25) is 0 Å². The Hall–Kier alpha value is -2.22. The van der Waals surface area contributed by atoms with Gasteiger partial charge in [-0.15, -0.1) is 0 Å². The van der Waals surface area contributed by atoms with Gasteiger partial charge < -0.3 is 0 Å². The third-order valence-electron chi connectivity index (χ3n) is 3.51. The predicted molar refractivity (Wildman–Crippen MR) is 75.9 cm³/mol. The Kier molecular flexibility index (Phi) is 3.61. The van der Waals surface area contributed by atoms with Crippen LogP contribution in [0, 0.1) is 20.8 Å². The quantitative estimate of drug-likeness (QED) is 0.617. The van der Waals surface area contributed by atoms with E-state index >= 15 is 0 Å². The highest BCUT2D eigenvalue weighted by atomic mass is 16.1. The molecule has 2 heteroatoms. The number of hydrogen-bond donors (Lipinski definition) is 0. The van der Waals surface area contributed by atoms with Gasteiger partial charge in [0.15, 0.2) is 12.1 Å². The molecule has 2 rings (SSSR count). The first-order chi connectivity index (χ1) is 9.06. The van der Waals surface area contributed by atoms with Gasteiger partial charge in [-0.1, -0.05) is 36.4 Å². The van der Waals surface area contributed by atoms with E-state index < -0.39 is 0 Å². The Bertz CT molecular complexity index is 654. The summed E-state index contributed by atoms with van der Waals surface area (Å²) in [5, 5.41) is 0. The standard InChI is InChI=1S/C17H16O2/c1-11-6-5-9-15(13(11)3)17(19)16-12(2)7-4-8-14(16)10-18/h4-10H,1-3H3. The zero-order valence-corrected chi connectivity index (χ0v) is 11.4. The van der Waals surface area contributed by atoms with Crippen molar-refractivity contribution in [2.45, 2.75) is 20.8 Å². The second-order valence-corrected chi connectivity index (χ2v) is 4.73. The Morgan fingerprint density at radius 1 is 0.947 bits per heavy atom. The molecule has 0 amide bonds. The number of hydrogen-bond acceptors (Lipinski definition) is 2. The summed E-state index contributed by atoms with van der Waals surface area (Å²) in [4.78, 5) is 23.8. The summed E-state index contributed by atoms with van der Waals surface area (Å²) < 4.78 is 0. The van der Waals surface area contributed by atoms with Crippen LogP contribution >= 0.6 is 0 Å². The van der Waals surface area contributed by atoms with Crippen LogP contribution in [0.25, 0.3) is 0 Å². The third kappa shape index (κ3) is 2.34. The van der Waals surface area contributed by atoms with Gasteiger partial charge in [-0.05, 0) is 37.5 Å². The van der Waals surface area contributed by atoms with Gasteiger partial charge in [0.25, 0.3) is 0 Å². The number of carbonyl (C=O) groups is 2. The molecule has 0 saturated heterocycles. The van der Waals surface area contributed by atoms with E-state index in [-0.39, 0.29) is 5.78 Å². The van der Waals surface area contributed by atoms with Gasteiger partial charge >= 0.3 is 0 Å². The molecule has 2 aromatic rings. The molecular formula is C17H16O2. The van der Waals surface area contributed by atoms with E-state index in [0.29, 0.717) is 16.7 Å². The summed E-state index contributed by atoms with van der Waals surface area (Å²) >= 11 is 0. The van der Waals surface area contributed by atoms with Crippen LogP contribution in [-0.4, -0.2) is 12.1 Å². The van der Waals surface area contributed by atoms with Gasteiger partial charge in [-0.25, -0.2) is 0 Å². The van der Waals surface area contributed by atoms with E-state index in [1.807, 2.05) is 45.0 Å². The minimum atomic E-state index is -0.0820. The fraction of sp³-hybridized carbons (Fsp3) is 0.176. The van der Waals surface area contributed by atoms with Crippen LogP contribution in [0.3, 0.4) is 0 Å². The molecule has 0 bridgehead atoms. The molecule has 2 aromatic carbocycles. The summed E-state index contributed by atoms with van der Waals surface area (Å²) in [6, 6.07) is 11.0. The van der Waals surface area contributed by atoms with Crippen molar-refractivity contribution in [2.24, 2.45) is 0 Å². The smallest absolute Gasteiger partial charge is 0.194 e. The molecule has 0 aliphatic carbocycles. The average molecular weight is 252 g/mol. The Balaban J connectivity index is 2.63. The lowest BCUT2D eigenvalue weighted by molar-refractivity contribution is 0.102. The zero-order chi connectivity index (χ0) is 14.0. The van der Waals surface area contributed by atoms with Crippen LogP contribution in [0.5, 0.6) is 0 Å². The van der Waals surface area contributed by atoms with Crippen molar-refractivity contribution in [3.63, 3.8) is 0 Å². The zero-order valence-electron chi connectivity index (χ0n) is 11.4. The van der Waals surface area contributed by atoms with Gasteiger partial charge in [0.1, 0.15) is 0 Å². The van der Waals surface area contributed by atoms with Crippen molar-refractivity contribution in [3.8, 4) is 0 Å². The van der Waals surface area contributed by atoms with Crippen molar-refractivity contribution >= 4 is 12.1 Å². The normalized spacial score (nSPS) is 10.3. The van der Waals surface area contributed by atoms with Crippen LogP contribution in [-0.2, 0) is 0 Å². The van der Waals surface area contributed by atoms with Crippen molar-refractivity contribution in [2.75, 3.05) is 0 Å². The van der Waals surface area contributed by atoms with Crippen molar-refractivity contribution in [1.29, 1.82) is 0 Å². The Morgan fingerprint density at radius 3 is 2.26 bits per heavy atom. The summed E-state index contributed by atoms with van der Waals surface area (Å²) in [5.41, 5.74) is 4.49. The van der Waals surface area contributed by atoms with Crippen LogP contribution in [0.4, 0.5) is 0 Å². The monoisotopic (exact) mass is 252 g/mol. The summed E-state index contributed by atoms with van der Waals surface area (Å²) in [6.07, 6.45) is 0.741.